The summed E-state index contributed by atoms with van der Waals surface area (Å²) in [4.78, 5) is 45.1. The van der Waals surface area contributed by atoms with E-state index >= 15 is 0 Å². The van der Waals surface area contributed by atoms with Gasteiger partial charge in [0.1, 0.15) is 11.5 Å². The van der Waals surface area contributed by atoms with Crippen LogP contribution < -0.4 is 5.32 Å². The number of para-hydroxylation sites is 1. The van der Waals surface area contributed by atoms with E-state index in [1.165, 1.54) is 23.1 Å². The van der Waals surface area contributed by atoms with Gasteiger partial charge in [0, 0.05) is 33.5 Å². The summed E-state index contributed by atoms with van der Waals surface area (Å²) in [5.74, 6) is -1.34. The van der Waals surface area contributed by atoms with E-state index in [9.17, 15) is 19.5 Å². The molecule has 1 saturated heterocycles. The number of rotatable bonds is 0. The average molecular weight is 513 g/mol. The number of carbonyl (C=O) groups is 3. The van der Waals surface area contributed by atoms with Gasteiger partial charge in [0.25, 0.3) is 0 Å². The lowest BCUT2D eigenvalue weighted by molar-refractivity contribution is -0.157. The maximum Gasteiger partial charge on any atom is 0.235 e. The van der Waals surface area contributed by atoms with E-state index in [0.29, 0.717) is 24.8 Å². The molecular formula is C32H36N2O4. The van der Waals surface area contributed by atoms with Gasteiger partial charge in [-0.25, -0.2) is 0 Å². The Morgan fingerprint density at radius 1 is 1.08 bits per heavy atom. The van der Waals surface area contributed by atoms with Crippen molar-refractivity contribution in [3.05, 3.63) is 71.5 Å². The summed E-state index contributed by atoms with van der Waals surface area (Å²) in [5.41, 5.74) is 1.41. The minimum atomic E-state index is -1.36. The highest BCUT2D eigenvalue weighted by molar-refractivity contribution is 6.16. The molecule has 1 saturated carbocycles. The molecule has 2 aromatic rings. The predicted octanol–water partition coefficient (Wildman–Crippen LogP) is 4.48. The maximum absolute atomic E-state index is 14.4. The van der Waals surface area contributed by atoms with Crippen LogP contribution in [0.4, 0.5) is 0 Å². The van der Waals surface area contributed by atoms with Crippen molar-refractivity contribution in [2.24, 2.45) is 22.7 Å². The molecule has 2 fully saturated rings. The van der Waals surface area contributed by atoms with Crippen molar-refractivity contribution in [1.29, 1.82) is 0 Å². The number of aliphatic hydroxyl groups excluding tert-OH is 1. The molecule has 0 bridgehead atoms. The van der Waals surface area contributed by atoms with Crippen LogP contribution in [0.5, 0.6) is 0 Å². The number of hydrogen-bond donors (Lipinski definition) is 3. The lowest BCUT2D eigenvalue weighted by Crippen LogP contribution is -2.66. The molecule has 4 aliphatic rings. The summed E-state index contributed by atoms with van der Waals surface area (Å²) in [5, 5.41) is 15.0. The van der Waals surface area contributed by atoms with E-state index in [2.05, 4.69) is 48.4 Å². The molecule has 0 unspecified atom stereocenters. The Kier molecular flexibility index (Phi) is 5.52. The molecule has 7 atom stereocenters. The molecule has 1 aliphatic heterocycles. The van der Waals surface area contributed by atoms with Gasteiger partial charge in [-0.05, 0) is 73.8 Å². The molecule has 6 rings (SSSR count). The summed E-state index contributed by atoms with van der Waals surface area (Å²) in [7, 11) is 0. The Labute approximate surface area is 223 Å². The number of aliphatic hydroxyl groups is 1. The van der Waals surface area contributed by atoms with Gasteiger partial charge < -0.3 is 15.4 Å². The number of fused-ring (bicyclic) bond motifs is 4. The fourth-order valence-corrected chi connectivity index (χ4v) is 8.41. The second-order valence-electron chi connectivity index (χ2n) is 12.3. The molecule has 3 N–H and O–H groups in total. The first-order valence-electron chi connectivity index (χ1n) is 13.8. The van der Waals surface area contributed by atoms with E-state index in [0.717, 1.165) is 17.6 Å². The fraction of sp³-hybridized carbons (Fsp3) is 0.469. The van der Waals surface area contributed by atoms with Crippen LogP contribution in [0.2, 0.25) is 0 Å². The third kappa shape index (κ3) is 3.01. The van der Waals surface area contributed by atoms with E-state index in [-0.39, 0.29) is 29.6 Å². The first-order valence-corrected chi connectivity index (χ1v) is 13.8. The third-order valence-electron chi connectivity index (χ3n) is 10.5. The number of amides is 1. The van der Waals surface area contributed by atoms with Crippen LogP contribution in [0, 0.1) is 22.7 Å². The Bertz CT molecular complexity index is 1460. The summed E-state index contributed by atoms with van der Waals surface area (Å²) < 4.78 is 0. The van der Waals surface area contributed by atoms with Crippen LogP contribution in [0.3, 0.4) is 0 Å². The molecule has 1 spiro atoms. The lowest BCUT2D eigenvalue weighted by Gasteiger charge is -2.61. The maximum atomic E-state index is 14.4. The molecule has 2 heterocycles. The molecule has 1 aromatic carbocycles. The number of aromatic amines is 1. The topological polar surface area (TPSA) is 99.3 Å². The number of hydrogen-bond acceptors (Lipinski definition) is 4. The zero-order valence-electron chi connectivity index (χ0n) is 22.5. The van der Waals surface area contributed by atoms with Crippen molar-refractivity contribution in [1.82, 2.24) is 10.3 Å². The van der Waals surface area contributed by atoms with E-state index in [4.69, 9.17) is 0 Å². The van der Waals surface area contributed by atoms with Crippen LogP contribution >= 0.6 is 0 Å². The molecule has 3 aliphatic carbocycles. The lowest BCUT2D eigenvalue weighted by atomic mass is 9.38. The van der Waals surface area contributed by atoms with Crippen LogP contribution in [0.1, 0.15) is 58.2 Å². The van der Waals surface area contributed by atoms with Gasteiger partial charge in [-0.1, -0.05) is 57.2 Å². The number of H-pyrrole nitrogens is 1. The number of allylic oxidation sites excluding steroid dienone is 4. The quantitative estimate of drug-likeness (QED) is 0.358. The minimum Gasteiger partial charge on any atom is -0.381 e. The number of nitrogens with one attached hydrogen (secondary N) is 2. The normalized spacial score (nSPS) is 41.9. The molecule has 1 aromatic heterocycles. The first-order chi connectivity index (χ1) is 18.1. The Hall–Kier alpha value is -3.25. The number of carbonyl (C=O) groups excluding carboxylic acids is 3. The Morgan fingerprint density at radius 3 is 2.63 bits per heavy atom. The number of ketones is 2. The Morgan fingerprint density at radius 2 is 1.84 bits per heavy atom. The summed E-state index contributed by atoms with van der Waals surface area (Å²) >= 11 is 0. The van der Waals surface area contributed by atoms with Gasteiger partial charge in [0.05, 0.1) is 0 Å². The van der Waals surface area contributed by atoms with Gasteiger partial charge >= 0.3 is 0 Å². The van der Waals surface area contributed by atoms with Crippen molar-refractivity contribution >= 4 is 28.4 Å². The van der Waals surface area contributed by atoms with Crippen molar-refractivity contribution in [3.63, 3.8) is 0 Å². The predicted molar refractivity (Wildman–Crippen MR) is 146 cm³/mol. The zero-order valence-corrected chi connectivity index (χ0v) is 22.5. The molecule has 6 nitrogen and oxygen atoms in total. The van der Waals surface area contributed by atoms with Gasteiger partial charge in [-0.15, -0.1) is 0 Å². The highest BCUT2D eigenvalue weighted by atomic mass is 16.3. The Balaban J connectivity index is 1.57. The molecule has 1 amide bonds. The van der Waals surface area contributed by atoms with Crippen molar-refractivity contribution in [2.75, 3.05) is 0 Å². The van der Waals surface area contributed by atoms with E-state index in [1.54, 1.807) is 6.92 Å². The van der Waals surface area contributed by atoms with Crippen LogP contribution in [-0.4, -0.2) is 39.7 Å². The largest absolute Gasteiger partial charge is 0.381 e. The molecule has 198 valence electrons. The highest BCUT2D eigenvalue weighted by Crippen LogP contribution is 2.70. The van der Waals surface area contributed by atoms with E-state index in [1.807, 2.05) is 25.1 Å². The van der Waals surface area contributed by atoms with Gasteiger partial charge in [-0.2, -0.15) is 0 Å². The SMILES string of the molecule is C/C1=C/[C@@H](C)C/C=C\[C@H]2CC[C@@]3(C)c4[nH]c5ccccc5c4C[C@@H]4NC(=O)[C@]2(C(=O)/C=C\C(=O)[C@@H]1O)[C@]43C. The highest BCUT2D eigenvalue weighted by Gasteiger charge is 2.77. The van der Waals surface area contributed by atoms with Crippen molar-refractivity contribution in [3.8, 4) is 0 Å². The zero-order chi connectivity index (χ0) is 27.0. The number of benzene rings is 1. The molecule has 6 heteroatoms. The second-order valence-corrected chi connectivity index (χ2v) is 12.3. The third-order valence-corrected chi connectivity index (χ3v) is 10.5. The van der Waals surface area contributed by atoms with Gasteiger partial charge in [0.2, 0.25) is 5.91 Å². The fourth-order valence-electron chi connectivity index (χ4n) is 8.41. The van der Waals surface area contributed by atoms with Gasteiger partial charge in [-0.3, -0.25) is 14.4 Å². The number of aromatic nitrogens is 1. The second kappa shape index (κ2) is 8.37. The van der Waals surface area contributed by atoms with Crippen LogP contribution in [0.25, 0.3) is 10.9 Å². The summed E-state index contributed by atoms with van der Waals surface area (Å²) in [6, 6.07) is 8.04. The summed E-state index contributed by atoms with van der Waals surface area (Å²) in [6.07, 6.45) is 10.0. The summed E-state index contributed by atoms with van der Waals surface area (Å²) in [6.45, 7) is 8.09. The van der Waals surface area contributed by atoms with E-state index < -0.39 is 28.1 Å². The smallest absolute Gasteiger partial charge is 0.235 e. The minimum absolute atomic E-state index is 0.100. The van der Waals surface area contributed by atoms with Crippen LogP contribution in [0.15, 0.2) is 60.2 Å². The first kappa shape index (κ1) is 25.1. The van der Waals surface area contributed by atoms with Crippen molar-refractivity contribution in [2.45, 2.75) is 70.9 Å². The molecular weight excluding hydrogens is 476 g/mol. The van der Waals surface area contributed by atoms with Crippen LogP contribution in [-0.2, 0) is 26.2 Å². The monoisotopic (exact) mass is 512 g/mol. The average Bonchev–Trinajstić information content (AvgIpc) is 3.37. The molecule has 0 radical (unpaired) electrons. The van der Waals surface area contributed by atoms with Crippen molar-refractivity contribution < 1.29 is 19.5 Å². The standard InChI is InChI=1S/C32H36N2O4/c1-18-8-7-9-20-14-15-30(3)28-22(21-10-5-6-11-23(21)33-28)17-25-31(30,4)32(20,29(38)34-25)26(36)13-12-24(35)27(37)19(2)16-18/h5-7,9-13,16,18,20,25,27,33,37H,8,14-15,17H2,1-4H3,(H,34,38)/b9-7-,13-12-,19-16-/t18-,20-,25-,27+,30-,31+,32-/m0/s1. The van der Waals surface area contributed by atoms with Gasteiger partial charge in [0.15, 0.2) is 11.6 Å². The molecule has 38 heavy (non-hydrogen) atoms.